The molecule has 226 valence electrons. The summed E-state index contributed by atoms with van der Waals surface area (Å²) < 4.78 is 25.7. The van der Waals surface area contributed by atoms with Gasteiger partial charge in [-0.25, -0.2) is 9.97 Å². The van der Waals surface area contributed by atoms with Crippen LogP contribution in [0.2, 0.25) is 5.02 Å². The van der Waals surface area contributed by atoms with Crippen LogP contribution < -0.4 is 24.8 Å². The summed E-state index contributed by atoms with van der Waals surface area (Å²) >= 11 is 6.64. The van der Waals surface area contributed by atoms with Gasteiger partial charge in [0.25, 0.3) is 0 Å². The Morgan fingerprint density at radius 2 is 2.12 bits per heavy atom. The maximum absolute atomic E-state index is 12.4. The number of nitrogens with zero attached hydrogens (tertiary/aromatic N) is 4. The summed E-state index contributed by atoms with van der Waals surface area (Å²) in [6.45, 7) is 8.35. The monoisotopic (exact) mass is 606 g/mol. The Bertz CT molecular complexity index is 1640. The van der Waals surface area contributed by atoms with Crippen molar-refractivity contribution in [1.29, 1.82) is 0 Å². The van der Waals surface area contributed by atoms with Crippen molar-refractivity contribution in [1.82, 2.24) is 19.4 Å². The summed E-state index contributed by atoms with van der Waals surface area (Å²) in [6, 6.07) is 9.35. The number of para-hydroxylation sites is 1. The zero-order valence-corrected chi connectivity index (χ0v) is 25.4. The molecular formula is C31H35ClN6O5. The predicted molar refractivity (Wildman–Crippen MR) is 168 cm³/mol. The highest BCUT2D eigenvalue weighted by atomic mass is 35.5. The van der Waals surface area contributed by atoms with Crippen LogP contribution in [0.5, 0.6) is 17.2 Å². The van der Waals surface area contributed by atoms with Gasteiger partial charge in [0.05, 0.1) is 54.1 Å². The SMILES string of the molecule is C=CC(=O)Nc1cc(Nc2ncc(Cl)c(-c3cn4c5c(cccc35)OCC4)n2)c(OC)cc1O[C@H](COCC)CN(C)C. The van der Waals surface area contributed by atoms with Crippen LogP contribution in [0.1, 0.15) is 6.92 Å². The molecule has 1 aliphatic rings. The molecule has 0 bridgehead atoms. The van der Waals surface area contributed by atoms with Crippen molar-refractivity contribution in [2.24, 2.45) is 0 Å². The molecule has 3 heterocycles. The largest absolute Gasteiger partial charge is 0.494 e. The van der Waals surface area contributed by atoms with E-state index in [2.05, 4.69) is 26.8 Å². The van der Waals surface area contributed by atoms with Crippen molar-refractivity contribution in [3.05, 3.63) is 60.4 Å². The van der Waals surface area contributed by atoms with Crippen molar-refractivity contribution in [3.8, 4) is 28.5 Å². The van der Waals surface area contributed by atoms with Crippen molar-refractivity contribution >= 4 is 45.7 Å². The van der Waals surface area contributed by atoms with Gasteiger partial charge in [-0.05, 0) is 39.2 Å². The molecule has 2 N–H and O–H groups in total. The van der Waals surface area contributed by atoms with Crippen LogP contribution in [0.4, 0.5) is 17.3 Å². The van der Waals surface area contributed by atoms with Crippen LogP contribution in [0.3, 0.4) is 0 Å². The Morgan fingerprint density at radius 3 is 2.86 bits per heavy atom. The van der Waals surface area contributed by atoms with E-state index in [4.69, 9.17) is 35.5 Å². The lowest BCUT2D eigenvalue weighted by Gasteiger charge is -2.24. The van der Waals surface area contributed by atoms with Gasteiger partial charge < -0.3 is 39.0 Å². The zero-order valence-electron chi connectivity index (χ0n) is 24.6. The Balaban J connectivity index is 1.51. The molecule has 0 spiro atoms. The fraction of sp³-hybridized carbons (Fsp3) is 0.323. The maximum atomic E-state index is 12.4. The molecule has 0 aliphatic carbocycles. The van der Waals surface area contributed by atoms with E-state index in [-0.39, 0.29) is 12.1 Å². The molecule has 2 aromatic heterocycles. The molecule has 2 aromatic carbocycles. The van der Waals surface area contributed by atoms with E-state index in [9.17, 15) is 4.79 Å². The first-order valence-electron chi connectivity index (χ1n) is 13.9. The number of aromatic nitrogens is 3. The minimum atomic E-state index is -0.392. The van der Waals surface area contributed by atoms with Gasteiger partial charge in [-0.15, -0.1) is 0 Å². The number of methoxy groups -OCH3 is 1. The summed E-state index contributed by atoms with van der Waals surface area (Å²) in [4.78, 5) is 23.6. The van der Waals surface area contributed by atoms with Gasteiger partial charge in [0.15, 0.2) is 0 Å². The number of carbonyl (C=O) groups excluding carboxylic acids is 1. The molecule has 11 nitrogen and oxygen atoms in total. The molecule has 5 rings (SSSR count). The predicted octanol–water partition coefficient (Wildman–Crippen LogP) is 5.37. The quantitative estimate of drug-likeness (QED) is 0.194. The molecular weight excluding hydrogens is 572 g/mol. The Morgan fingerprint density at radius 1 is 1.28 bits per heavy atom. The Kier molecular flexibility index (Phi) is 9.34. The van der Waals surface area contributed by atoms with Gasteiger partial charge in [0.1, 0.15) is 30.0 Å². The molecule has 1 amide bonds. The topological polar surface area (TPSA) is 112 Å². The third kappa shape index (κ3) is 6.69. The summed E-state index contributed by atoms with van der Waals surface area (Å²) in [5.74, 6) is 1.59. The average molecular weight is 607 g/mol. The summed E-state index contributed by atoms with van der Waals surface area (Å²) in [5.41, 5.74) is 3.37. The van der Waals surface area contributed by atoms with E-state index in [1.807, 2.05) is 50.3 Å². The number of hydrogen-bond donors (Lipinski definition) is 2. The number of ether oxygens (including phenoxy) is 4. The fourth-order valence-corrected chi connectivity index (χ4v) is 5.16. The van der Waals surface area contributed by atoms with E-state index in [1.54, 1.807) is 25.4 Å². The first-order chi connectivity index (χ1) is 20.8. The Labute approximate surface area is 255 Å². The van der Waals surface area contributed by atoms with Crippen LogP contribution in [0.15, 0.2) is 55.4 Å². The zero-order chi connectivity index (χ0) is 30.5. The molecule has 0 saturated heterocycles. The highest BCUT2D eigenvalue weighted by Crippen LogP contribution is 2.41. The number of nitrogens with one attached hydrogen (secondary N) is 2. The van der Waals surface area contributed by atoms with Crippen LogP contribution in [0.25, 0.3) is 22.2 Å². The van der Waals surface area contributed by atoms with Crippen LogP contribution >= 0.6 is 11.6 Å². The molecule has 0 radical (unpaired) electrons. The molecule has 1 atom stereocenters. The van der Waals surface area contributed by atoms with Crippen LogP contribution in [0, 0.1) is 0 Å². The fourth-order valence-electron chi connectivity index (χ4n) is 4.96. The second-order valence-electron chi connectivity index (χ2n) is 10.2. The molecule has 0 fully saturated rings. The number of halogens is 1. The van der Waals surface area contributed by atoms with Gasteiger partial charge in [-0.2, -0.15) is 0 Å². The maximum Gasteiger partial charge on any atom is 0.247 e. The second-order valence-corrected chi connectivity index (χ2v) is 10.6. The lowest BCUT2D eigenvalue weighted by atomic mass is 10.1. The number of rotatable bonds is 13. The van der Waals surface area contributed by atoms with E-state index in [1.165, 1.54) is 6.08 Å². The number of benzene rings is 2. The standard InChI is InChI=1S/C31H35ClN6O5/c1-6-28(39)34-24-13-23(26(40-5)14-27(24)43-19(16-37(3)4)18-41-7-2)35-31-33-15-22(32)29(36-31)21-17-38-11-12-42-25-10-8-9-20(21)30(25)38/h6,8-10,13-15,17,19H,1,7,11-12,16,18H2,2-5H3,(H,34,39)(H,33,35,36)/t19-/m0/s1. The lowest BCUT2D eigenvalue weighted by molar-refractivity contribution is -0.111. The molecule has 0 saturated carbocycles. The first-order valence-corrected chi connectivity index (χ1v) is 14.3. The van der Waals surface area contributed by atoms with E-state index in [0.717, 1.165) is 28.8 Å². The number of carbonyl (C=O) groups is 1. The lowest BCUT2D eigenvalue weighted by Crippen LogP contribution is -2.35. The van der Waals surface area contributed by atoms with E-state index < -0.39 is 5.91 Å². The van der Waals surface area contributed by atoms with Crippen molar-refractivity contribution in [2.75, 3.05) is 58.2 Å². The molecule has 4 aromatic rings. The minimum Gasteiger partial charge on any atom is -0.494 e. The van der Waals surface area contributed by atoms with Crippen molar-refractivity contribution in [2.45, 2.75) is 19.6 Å². The number of anilines is 3. The normalized spacial score (nSPS) is 13.0. The second kappa shape index (κ2) is 13.3. The van der Waals surface area contributed by atoms with Crippen molar-refractivity contribution in [3.63, 3.8) is 0 Å². The highest BCUT2D eigenvalue weighted by molar-refractivity contribution is 6.33. The smallest absolute Gasteiger partial charge is 0.247 e. The van der Waals surface area contributed by atoms with E-state index >= 15 is 0 Å². The highest BCUT2D eigenvalue weighted by Gasteiger charge is 2.22. The summed E-state index contributed by atoms with van der Waals surface area (Å²) in [7, 11) is 5.46. The number of hydrogen-bond acceptors (Lipinski definition) is 9. The van der Waals surface area contributed by atoms with Crippen LogP contribution in [-0.2, 0) is 16.1 Å². The summed E-state index contributed by atoms with van der Waals surface area (Å²) in [6.07, 6.45) is 4.48. The number of amides is 1. The first kappa shape index (κ1) is 30.1. The van der Waals surface area contributed by atoms with Crippen LogP contribution in [-0.4, -0.2) is 79.0 Å². The van der Waals surface area contributed by atoms with Gasteiger partial charge in [-0.1, -0.05) is 30.3 Å². The van der Waals surface area contributed by atoms with Gasteiger partial charge in [-0.3, -0.25) is 4.79 Å². The van der Waals surface area contributed by atoms with E-state index in [0.29, 0.717) is 60.0 Å². The van der Waals surface area contributed by atoms with Crippen molar-refractivity contribution < 1.29 is 23.7 Å². The molecule has 43 heavy (non-hydrogen) atoms. The van der Waals surface area contributed by atoms with Gasteiger partial charge in [0, 0.05) is 36.4 Å². The third-order valence-corrected chi connectivity index (χ3v) is 7.09. The summed E-state index contributed by atoms with van der Waals surface area (Å²) in [5, 5.41) is 7.45. The number of likely N-dealkylation sites (N-methyl/N-ethyl adjacent to an activating group) is 1. The molecule has 12 heteroatoms. The average Bonchev–Trinajstić information content (AvgIpc) is 3.37. The van der Waals surface area contributed by atoms with Gasteiger partial charge in [0.2, 0.25) is 11.9 Å². The molecule has 1 aliphatic heterocycles. The van der Waals surface area contributed by atoms with Gasteiger partial charge >= 0.3 is 0 Å². The third-order valence-electron chi connectivity index (χ3n) is 6.81. The molecule has 0 unspecified atom stereocenters. The Hall–Kier alpha value is -4.32. The minimum absolute atomic E-state index is 0.289.